The van der Waals surface area contributed by atoms with Crippen LogP contribution >= 0.6 is 0 Å². The summed E-state index contributed by atoms with van der Waals surface area (Å²) in [6, 6.07) is 6.11. The highest BCUT2D eigenvalue weighted by atomic mass is 16.5. The molecule has 0 unspecified atom stereocenters. The zero-order chi connectivity index (χ0) is 14.7. The quantitative estimate of drug-likeness (QED) is 0.917. The van der Waals surface area contributed by atoms with E-state index in [2.05, 4.69) is 36.8 Å². The Morgan fingerprint density at radius 2 is 2.00 bits per heavy atom. The highest BCUT2D eigenvalue weighted by molar-refractivity contribution is 5.46. The van der Waals surface area contributed by atoms with Crippen LogP contribution in [0.15, 0.2) is 24.5 Å². The minimum absolute atomic E-state index is 0.480. The molecule has 1 heterocycles. The second-order valence-corrected chi connectivity index (χ2v) is 5.17. The van der Waals surface area contributed by atoms with E-state index in [1.165, 1.54) is 17.5 Å². The van der Waals surface area contributed by atoms with E-state index in [0.29, 0.717) is 17.6 Å². The highest BCUT2D eigenvalue weighted by Crippen LogP contribution is 2.29. The van der Waals surface area contributed by atoms with Crippen LogP contribution in [0, 0.1) is 6.92 Å². The van der Waals surface area contributed by atoms with Gasteiger partial charge in [-0.1, -0.05) is 26.8 Å². The third-order valence-electron chi connectivity index (χ3n) is 3.37. The largest absolute Gasteiger partial charge is 0.439 e. The molecular weight excluding hydrogens is 250 g/mol. The molecule has 20 heavy (non-hydrogen) atoms. The van der Waals surface area contributed by atoms with Gasteiger partial charge in [0.05, 0.1) is 5.56 Å². The summed E-state index contributed by atoms with van der Waals surface area (Å²) in [6.45, 7) is 8.47. The van der Waals surface area contributed by atoms with E-state index >= 15 is 0 Å². The van der Waals surface area contributed by atoms with Gasteiger partial charge in [-0.3, -0.25) is 0 Å². The molecule has 0 saturated heterocycles. The van der Waals surface area contributed by atoms with Crippen molar-refractivity contribution in [2.24, 2.45) is 0 Å². The maximum absolute atomic E-state index is 5.87. The fourth-order valence-electron chi connectivity index (χ4n) is 2.30. The van der Waals surface area contributed by atoms with Crippen molar-refractivity contribution < 1.29 is 4.74 Å². The first-order valence-corrected chi connectivity index (χ1v) is 6.90. The lowest BCUT2D eigenvalue weighted by Gasteiger charge is -2.13. The van der Waals surface area contributed by atoms with Crippen molar-refractivity contribution in [3.63, 3.8) is 0 Å². The Bertz CT molecular complexity index is 609. The molecule has 0 amide bonds. The number of ether oxygens (including phenoxy) is 1. The summed E-state index contributed by atoms with van der Waals surface area (Å²) >= 11 is 0. The van der Waals surface area contributed by atoms with E-state index in [1.807, 2.05) is 19.1 Å². The van der Waals surface area contributed by atoms with Gasteiger partial charge in [-0.15, -0.1) is 0 Å². The van der Waals surface area contributed by atoms with E-state index in [-0.39, 0.29) is 0 Å². The summed E-state index contributed by atoms with van der Waals surface area (Å²) in [5.41, 5.74) is 9.24. The van der Waals surface area contributed by atoms with Crippen molar-refractivity contribution in [3.8, 4) is 11.6 Å². The van der Waals surface area contributed by atoms with Crippen LogP contribution in [0.25, 0.3) is 0 Å². The number of anilines is 1. The topological polar surface area (TPSA) is 61.0 Å². The number of nitrogen functional groups attached to an aromatic ring is 1. The van der Waals surface area contributed by atoms with Crippen molar-refractivity contribution in [3.05, 3.63) is 41.2 Å². The Morgan fingerprint density at radius 1 is 1.25 bits per heavy atom. The van der Waals surface area contributed by atoms with Gasteiger partial charge in [-0.2, -0.15) is 0 Å². The van der Waals surface area contributed by atoms with Gasteiger partial charge in [0.25, 0.3) is 0 Å². The lowest BCUT2D eigenvalue weighted by atomic mass is 9.98. The van der Waals surface area contributed by atoms with Crippen LogP contribution in [-0.4, -0.2) is 9.97 Å². The van der Waals surface area contributed by atoms with Crippen LogP contribution in [0.2, 0.25) is 0 Å². The zero-order valence-corrected chi connectivity index (χ0v) is 12.5. The van der Waals surface area contributed by atoms with Gasteiger partial charge in [-0.25, -0.2) is 9.97 Å². The fourth-order valence-corrected chi connectivity index (χ4v) is 2.30. The standard InChI is InChI=1S/C16H21N3O/c1-5-13-15(17)18-9-19-16(13)20-12-6-7-14(10(2)3)11(4)8-12/h6-10H,5H2,1-4H3,(H2,17,18,19). The third-order valence-corrected chi connectivity index (χ3v) is 3.37. The summed E-state index contributed by atoms with van der Waals surface area (Å²) in [7, 11) is 0. The molecule has 0 aliphatic rings. The average molecular weight is 271 g/mol. The van der Waals surface area contributed by atoms with E-state index in [4.69, 9.17) is 10.5 Å². The van der Waals surface area contributed by atoms with Crippen molar-refractivity contribution >= 4 is 5.82 Å². The Morgan fingerprint density at radius 3 is 2.60 bits per heavy atom. The van der Waals surface area contributed by atoms with Crippen molar-refractivity contribution in [1.82, 2.24) is 9.97 Å². The van der Waals surface area contributed by atoms with Gasteiger partial charge in [0.2, 0.25) is 5.88 Å². The second kappa shape index (κ2) is 5.90. The minimum atomic E-state index is 0.480. The molecule has 0 bridgehead atoms. The van der Waals surface area contributed by atoms with Crippen LogP contribution in [0.1, 0.15) is 43.4 Å². The van der Waals surface area contributed by atoms with Gasteiger partial charge < -0.3 is 10.5 Å². The maximum Gasteiger partial charge on any atom is 0.227 e. The van der Waals surface area contributed by atoms with E-state index in [9.17, 15) is 0 Å². The average Bonchev–Trinajstić information content (AvgIpc) is 2.38. The zero-order valence-electron chi connectivity index (χ0n) is 12.5. The fraction of sp³-hybridized carbons (Fsp3) is 0.375. The molecule has 0 aliphatic carbocycles. The lowest BCUT2D eigenvalue weighted by molar-refractivity contribution is 0.455. The summed E-state index contributed by atoms with van der Waals surface area (Å²) in [5, 5.41) is 0. The number of rotatable bonds is 4. The summed E-state index contributed by atoms with van der Waals surface area (Å²) in [5.74, 6) is 2.30. The van der Waals surface area contributed by atoms with Gasteiger partial charge >= 0.3 is 0 Å². The highest BCUT2D eigenvalue weighted by Gasteiger charge is 2.11. The van der Waals surface area contributed by atoms with E-state index < -0.39 is 0 Å². The number of benzene rings is 1. The van der Waals surface area contributed by atoms with Gasteiger partial charge in [0, 0.05) is 0 Å². The molecule has 2 N–H and O–H groups in total. The second-order valence-electron chi connectivity index (χ2n) is 5.17. The van der Waals surface area contributed by atoms with E-state index in [1.54, 1.807) is 0 Å². The number of hydrogen-bond acceptors (Lipinski definition) is 4. The number of aryl methyl sites for hydroxylation is 1. The minimum Gasteiger partial charge on any atom is -0.439 e. The van der Waals surface area contributed by atoms with Crippen molar-refractivity contribution in [2.45, 2.75) is 40.0 Å². The molecule has 1 aromatic heterocycles. The van der Waals surface area contributed by atoms with E-state index in [0.717, 1.165) is 17.7 Å². The monoisotopic (exact) mass is 271 g/mol. The first-order chi connectivity index (χ1) is 9.52. The molecule has 0 atom stereocenters. The molecule has 4 nitrogen and oxygen atoms in total. The number of aromatic nitrogens is 2. The molecule has 2 aromatic rings. The molecule has 0 radical (unpaired) electrons. The van der Waals surface area contributed by atoms with Crippen molar-refractivity contribution in [2.75, 3.05) is 5.73 Å². The Labute approximate surface area is 120 Å². The number of nitrogens with zero attached hydrogens (tertiary/aromatic N) is 2. The van der Waals surface area contributed by atoms with Crippen molar-refractivity contribution in [1.29, 1.82) is 0 Å². The molecule has 1 aromatic carbocycles. The van der Waals surface area contributed by atoms with Crippen LogP contribution in [0.3, 0.4) is 0 Å². The maximum atomic E-state index is 5.87. The van der Waals surface area contributed by atoms with Crippen LogP contribution in [0.5, 0.6) is 11.6 Å². The molecule has 0 aliphatic heterocycles. The number of nitrogens with two attached hydrogens (primary N) is 1. The number of hydrogen-bond donors (Lipinski definition) is 1. The van der Waals surface area contributed by atoms with Crippen LogP contribution in [0.4, 0.5) is 5.82 Å². The first-order valence-electron chi connectivity index (χ1n) is 6.90. The normalized spacial score (nSPS) is 10.8. The summed E-state index contributed by atoms with van der Waals surface area (Å²) < 4.78 is 5.87. The Balaban J connectivity index is 2.31. The molecule has 0 saturated carbocycles. The molecule has 0 spiro atoms. The molecule has 0 fully saturated rings. The lowest BCUT2D eigenvalue weighted by Crippen LogP contribution is -2.02. The van der Waals surface area contributed by atoms with Crippen LogP contribution < -0.4 is 10.5 Å². The first kappa shape index (κ1) is 14.3. The van der Waals surface area contributed by atoms with Gasteiger partial charge in [-0.05, 0) is 42.5 Å². The Kier molecular flexibility index (Phi) is 4.23. The molecule has 2 rings (SSSR count). The third kappa shape index (κ3) is 2.90. The Hall–Kier alpha value is -2.10. The molecule has 106 valence electrons. The predicted molar refractivity (Wildman–Crippen MR) is 81.2 cm³/mol. The van der Waals surface area contributed by atoms with Gasteiger partial charge in [0.15, 0.2) is 0 Å². The summed E-state index contributed by atoms with van der Waals surface area (Å²) in [6.07, 6.45) is 2.17. The van der Waals surface area contributed by atoms with Gasteiger partial charge in [0.1, 0.15) is 17.9 Å². The van der Waals surface area contributed by atoms with Crippen LogP contribution in [-0.2, 0) is 6.42 Å². The predicted octanol–water partition coefficient (Wildman–Crippen LogP) is 3.85. The SMILES string of the molecule is CCc1c(N)ncnc1Oc1ccc(C(C)C)c(C)c1. The summed E-state index contributed by atoms with van der Waals surface area (Å²) in [4.78, 5) is 8.17. The molecule has 4 heteroatoms. The smallest absolute Gasteiger partial charge is 0.227 e. The molecular formula is C16H21N3O.